The van der Waals surface area contributed by atoms with E-state index in [-0.39, 0.29) is 0 Å². The third-order valence-electron chi connectivity index (χ3n) is 3.52. The first-order chi connectivity index (χ1) is 8.13. The maximum absolute atomic E-state index is 5.73. The van der Waals surface area contributed by atoms with Crippen molar-refractivity contribution in [3.8, 4) is 0 Å². The topological polar surface area (TPSA) is 38.0 Å². The van der Waals surface area contributed by atoms with Crippen LogP contribution >= 0.6 is 0 Å². The van der Waals surface area contributed by atoms with Crippen LogP contribution in [0.15, 0.2) is 18.5 Å². The second kappa shape index (κ2) is 4.82. The highest BCUT2D eigenvalue weighted by molar-refractivity contribution is 5.66. The van der Waals surface area contributed by atoms with E-state index in [9.17, 15) is 0 Å². The monoisotopic (exact) mass is 230 g/mol. The maximum atomic E-state index is 5.73. The highest BCUT2D eigenvalue weighted by atomic mass is 15.0. The lowest BCUT2D eigenvalue weighted by atomic mass is 9.95. The van der Waals surface area contributed by atoms with Crippen molar-refractivity contribution in [3.05, 3.63) is 40.7 Å². The molecule has 0 amide bonds. The predicted molar refractivity (Wildman–Crippen MR) is 74.1 cm³/mol. The van der Waals surface area contributed by atoms with Gasteiger partial charge in [-0.15, -0.1) is 0 Å². The standard InChI is InChI=1S/C15H22N2/c1-4-6-13-10(2)9-12-7-5-8-14(12)15(13)17-11(3)16/h9,17H,3-8,16H2,1-2H3. The van der Waals surface area contributed by atoms with E-state index in [1.807, 2.05) is 0 Å². The molecule has 0 atom stereocenters. The number of fused-ring (bicyclic) bond motifs is 1. The Morgan fingerprint density at radius 1 is 1.47 bits per heavy atom. The van der Waals surface area contributed by atoms with Crippen LogP contribution in [0.25, 0.3) is 0 Å². The van der Waals surface area contributed by atoms with Crippen LogP contribution in [0.1, 0.15) is 42.0 Å². The maximum Gasteiger partial charge on any atom is 0.0930 e. The molecule has 0 saturated heterocycles. The zero-order valence-corrected chi connectivity index (χ0v) is 10.9. The summed E-state index contributed by atoms with van der Waals surface area (Å²) in [5.41, 5.74) is 12.7. The van der Waals surface area contributed by atoms with Gasteiger partial charge in [-0.2, -0.15) is 0 Å². The van der Waals surface area contributed by atoms with Gasteiger partial charge in [-0.3, -0.25) is 0 Å². The molecular formula is C15H22N2. The first kappa shape index (κ1) is 12.0. The number of anilines is 1. The average Bonchev–Trinajstić information content (AvgIpc) is 2.70. The molecule has 1 aliphatic rings. The van der Waals surface area contributed by atoms with E-state index in [2.05, 4.69) is 31.8 Å². The molecule has 1 aromatic carbocycles. The van der Waals surface area contributed by atoms with Crippen LogP contribution in [0, 0.1) is 6.92 Å². The molecule has 0 heterocycles. The van der Waals surface area contributed by atoms with Crippen LogP contribution in [0.4, 0.5) is 5.69 Å². The van der Waals surface area contributed by atoms with Crippen molar-refractivity contribution < 1.29 is 0 Å². The normalized spacial score (nSPS) is 13.5. The SMILES string of the molecule is C=C(N)Nc1c(CCC)c(C)cc2c1CCC2. The molecule has 2 heteroatoms. The van der Waals surface area contributed by atoms with Gasteiger partial charge in [-0.05, 0) is 54.9 Å². The summed E-state index contributed by atoms with van der Waals surface area (Å²) in [6.07, 6.45) is 5.90. The number of nitrogens with two attached hydrogens (primary N) is 1. The average molecular weight is 230 g/mol. The Labute approximate surface area is 104 Å². The molecule has 0 aliphatic heterocycles. The van der Waals surface area contributed by atoms with Gasteiger partial charge in [-0.25, -0.2) is 0 Å². The zero-order chi connectivity index (χ0) is 12.4. The van der Waals surface area contributed by atoms with E-state index in [1.54, 1.807) is 0 Å². The number of hydrogen-bond acceptors (Lipinski definition) is 2. The van der Waals surface area contributed by atoms with Gasteiger partial charge in [0.1, 0.15) is 0 Å². The van der Waals surface area contributed by atoms with E-state index in [1.165, 1.54) is 47.2 Å². The third-order valence-corrected chi connectivity index (χ3v) is 3.52. The molecule has 0 radical (unpaired) electrons. The van der Waals surface area contributed by atoms with Crippen LogP contribution in [-0.2, 0) is 19.3 Å². The van der Waals surface area contributed by atoms with Gasteiger partial charge in [0.05, 0.1) is 5.82 Å². The molecular weight excluding hydrogens is 208 g/mol. The molecule has 2 rings (SSSR count). The Morgan fingerprint density at radius 3 is 2.88 bits per heavy atom. The second-order valence-corrected chi connectivity index (χ2v) is 4.94. The molecule has 0 spiro atoms. The molecule has 3 N–H and O–H groups in total. The van der Waals surface area contributed by atoms with E-state index >= 15 is 0 Å². The number of aryl methyl sites for hydroxylation is 2. The first-order valence-electron chi connectivity index (χ1n) is 6.49. The fourth-order valence-electron chi connectivity index (χ4n) is 2.82. The summed E-state index contributed by atoms with van der Waals surface area (Å²) in [6.45, 7) is 8.19. The van der Waals surface area contributed by atoms with Crippen LogP contribution in [-0.4, -0.2) is 0 Å². The Balaban J connectivity index is 2.52. The minimum atomic E-state index is 0.544. The number of rotatable bonds is 4. The lowest BCUT2D eigenvalue weighted by Crippen LogP contribution is -2.12. The van der Waals surface area contributed by atoms with Gasteiger partial charge < -0.3 is 11.1 Å². The largest absolute Gasteiger partial charge is 0.386 e. The lowest BCUT2D eigenvalue weighted by molar-refractivity contribution is 0.905. The molecule has 0 aromatic heterocycles. The van der Waals surface area contributed by atoms with Gasteiger partial charge in [0.25, 0.3) is 0 Å². The Bertz CT molecular complexity index is 447. The number of nitrogens with one attached hydrogen (secondary N) is 1. The molecule has 0 bridgehead atoms. The molecule has 17 heavy (non-hydrogen) atoms. The minimum absolute atomic E-state index is 0.544. The summed E-state index contributed by atoms with van der Waals surface area (Å²) in [7, 11) is 0. The van der Waals surface area contributed by atoms with Gasteiger partial charge in [0, 0.05) is 5.69 Å². The van der Waals surface area contributed by atoms with Gasteiger partial charge in [0.15, 0.2) is 0 Å². The summed E-state index contributed by atoms with van der Waals surface area (Å²) in [5.74, 6) is 0.544. The van der Waals surface area contributed by atoms with Crippen LogP contribution in [0.2, 0.25) is 0 Å². The van der Waals surface area contributed by atoms with E-state index < -0.39 is 0 Å². The highest BCUT2D eigenvalue weighted by Gasteiger charge is 2.19. The predicted octanol–water partition coefficient (Wildman–Crippen LogP) is 3.28. The summed E-state index contributed by atoms with van der Waals surface area (Å²) in [6, 6.07) is 2.36. The van der Waals surface area contributed by atoms with Crippen molar-refractivity contribution in [1.82, 2.24) is 0 Å². The van der Waals surface area contributed by atoms with Gasteiger partial charge in [-0.1, -0.05) is 26.0 Å². The third kappa shape index (κ3) is 2.31. The van der Waals surface area contributed by atoms with Crippen molar-refractivity contribution in [2.24, 2.45) is 5.73 Å². The summed E-state index contributed by atoms with van der Waals surface area (Å²) < 4.78 is 0. The fourth-order valence-corrected chi connectivity index (χ4v) is 2.82. The Hall–Kier alpha value is -1.44. The molecule has 1 aliphatic carbocycles. The molecule has 0 saturated carbocycles. The van der Waals surface area contributed by atoms with Crippen molar-refractivity contribution in [2.75, 3.05) is 5.32 Å². The summed E-state index contributed by atoms with van der Waals surface area (Å²) in [4.78, 5) is 0. The van der Waals surface area contributed by atoms with Gasteiger partial charge >= 0.3 is 0 Å². The van der Waals surface area contributed by atoms with E-state index in [0.717, 1.165) is 12.8 Å². The lowest BCUT2D eigenvalue weighted by Gasteiger charge is -2.18. The van der Waals surface area contributed by atoms with Crippen LogP contribution in [0.3, 0.4) is 0 Å². The quantitative estimate of drug-likeness (QED) is 0.833. The van der Waals surface area contributed by atoms with Gasteiger partial charge in [0.2, 0.25) is 0 Å². The van der Waals surface area contributed by atoms with E-state index in [4.69, 9.17) is 5.73 Å². The fraction of sp³-hybridized carbons (Fsp3) is 0.467. The smallest absolute Gasteiger partial charge is 0.0930 e. The molecule has 0 fully saturated rings. The van der Waals surface area contributed by atoms with Crippen molar-refractivity contribution in [2.45, 2.75) is 46.0 Å². The number of benzene rings is 1. The highest BCUT2D eigenvalue weighted by Crippen LogP contribution is 2.35. The summed E-state index contributed by atoms with van der Waals surface area (Å²) in [5, 5.41) is 3.28. The molecule has 0 unspecified atom stereocenters. The van der Waals surface area contributed by atoms with E-state index in [0.29, 0.717) is 5.82 Å². The van der Waals surface area contributed by atoms with Crippen molar-refractivity contribution >= 4 is 5.69 Å². The zero-order valence-electron chi connectivity index (χ0n) is 10.9. The Kier molecular flexibility index (Phi) is 3.41. The minimum Gasteiger partial charge on any atom is -0.386 e. The Morgan fingerprint density at radius 2 is 2.24 bits per heavy atom. The van der Waals surface area contributed by atoms with Crippen molar-refractivity contribution in [3.63, 3.8) is 0 Å². The molecule has 92 valence electrons. The first-order valence-corrected chi connectivity index (χ1v) is 6.49. The number of hydrogen-bond donors (Lipinski definition) is 2. The summed E-state index contributed by atoms with van der Waals surface area (Å²) >= 11 is 0. The second-order valence-electron chi connectivity index (χ2n) is 4.94. The van der Waals surface area contributed by atoms with Crippen molar-refractivity contribution in [1.29, 1.82) is 0 Å². The molecule has 1 aromatic rings. The molecule has 2 nitrogen and oxygen atoms in total. The van der Waals surface area contributed by atoms with Crippen LogP contribution in [0.5, 0.6) is 0 Å². The van der Waals surface area contributed by atoms with Crippen LogP contribution < -0.4 is 11.1 Å².